The molecular weight excluding hydrogens is 340 g/mol. The van der Waals surface area contributed by atoms with E-state index in [4.69, 9.17) is 11.6 Å². The van der Waals surface area contributed by atoms with Gasteiger partial charge in [0.05, 0.1) is 0 Å². The predicted octanol–water partition coefficient (Wildman–Crippen LogP) is 3.09. The number of halogens is 1. The van der Waals surface area contributed by atoms with Gasteiger partial charge in [0.25, 0.3) is 5.91 Å². The Hall–Kier alpha value is -3.32. The van der Waals surface area contributed by atoms with E-state index in [1.165, 1.54) is 12.1 Å². The number of benzene rings is 1. The van der Waals surface area contributed by atoms with E-state index in [2.05, 4.69) is 25.6 Å². The molecular formula is C17H11ClN6O. The summed E-state index contributed by atoms with van der Waals surface area (Å²) in [6.07, 6.45) is 1.73. The van der Waals surface area contributed by atoms with Crippen molar-refractivity contribution in [2.45, 2.75) is 0 Å². The van der Waals surface area contributed by atoms with Crippen molar-refractivity contribution in [3.05, 3.63) is 71.6 Å². The number of pyridine rings is 1. The summed E-state index contributed by atoms with van der Waals surface area (Å²) >= 11 is 5.67. The van der Waals surface area contributed by atoms with Crippen LogP contribution in [0.1, 0.15) is 10.5 Å². The van der Waals surface area contributed by atoms with Gasteiger partial charge in [-0.3, -0.25) is 4.79 Å². The second-order valence-electron chi connectivity index (χ2n) is 5.22. The van der Waals surface area contributed by atoms with Crippen LogP contribution in [-0.2, 0) is 0 Å². The molecule has 0 atom stereocenters. The van der Waals surface area contributed by atoms with E-state index < -0.39 is 0 Å². The fourth-order valence-corrected chi connectivity index (χ4v) is 2.40. The number of aromatic nitrogens is 5. The molecule has 0 saturated heterocycles. The van der Waals surface area contributed by atoms with Crippen LogP contribution in [0.2, 0.25) is 5.15 Å². The predicted molar refractivity (Wildman–Crippen MR) is 93.4 cm³/mol. The van der Waals surface area contributed by atoms with E-state index >= 15 is 0 Å². The maximum Gasteiger partial charge on any atom is 0.276 e. The molecule has 0 unspecified atom stereocenters. The minimum atomic E-state index is -0.378. The van der Waals surface area contributed by atoms with Gasteiger partial charge in [0.2, 0.25) is 0 Å². The summed E-state index contributed by atoms with van der Waals surface area (Å²) in [6, 6.07) is 16.2. The molecule has 0 aliphatic heterocycles. The molecule has 25 heavy (non-hydrogen) atoms. The Morgan fingerprint density at radius 2 is 1.88 bits per heavy atom. The number of amides is 1. The molecule has 0 fully saturated rings. The number of carbonyl (C=O) groups excluding carboxylic acids is 1. The fraction of sp³-hybridized carbons (Fsp3) is 0. The Bertz CT molecular complexity index is 1050. The Morgan fingerprint density at radius 1 is 1.04 bits per heavy atom. The molecule has 3 aromatic heterocycles. The van der Waals surface area contributed by atoms with Gasteiger partial charge in [-0.1, -0.05) is 41.9 Å². The highest BCUT2D eigenvalue weighted by atomic mass is 35.5. The van der Waals surface area contributed by atoms with E-state index in [1.54, 1.807) is 22.8 Å². The van der Waals surface area contributed by atoms with Crippen LogP contribution in [0.3, 0.4) is 0 Å². The molecule has 4 rings (SSSR count). The molecule has 0 saturated carbocycles. The van der Waals surface area contributed by atoms with E-state index in [1.807, 2.05) is 30.3 Å². The molecule has 7 nitrogen and oxygen atoms in total. The third-order valence-electron chi connectivity index (χ3n) is 3.49. The highest BCUT2D eigenvalue weighted by molar-refractivity contribution is 6.29. The second kappa shape index (κ2) is 6.29. The van der Waals surface area contributed by atoms with E-state index in [0.717, 1.165) is 5.56 Å². The molecule has 0 spiro atoms. The Balaban J connectivity index is 1.61. The molecule has 1 amide bonds. The van der Waals surface area contributed by atoms with Gasteiger partial charge in [-0.15, -0.1) is 15.3 Å². The monoisotopic (exact) mass is 350 g/mol. The van der Waals surface area contributed by atoms with Crippen molar-refractivity contribution in [3.8, 4) is 11.4 Å². The minimum Gasteiger partial charge on any atom is -0.320 e. The number of carbonyl (C=O) groups is 1. The number of nitrogens with zero attached hydrogens (tertiary/aromatic N) is 5. The van der Waals surface area contributed by atoms with Crippen LogP contribution in [0.5, 0.6) is 0 Å². The lowest BCUT2D eigenvalue weighted by molar-refractivity contribution is 0.102. The second-order valence-corrected chi connectivity index (χ2v) is 5.60. The third kappa shape index (κ3) is 3.17. The summed E-state index contributed by atoms with van der Waals surface area (Å²) in [5.74, 6) is 0.240. The number of fused-ring (bicyclic) bond motifs is 1. The molecule has 1 aromatic carbocycles. The quantitative estimate of drug-likeness (QED) is 0.613. The van der Waals surface area contributed by atoms with Crippen molar-refractivity contribution < 1.29 is 4.79 Å². The highest BCUT2D eigenvalue weighted by Gasteiger charge is 2.11. The number of hydrogen-bond donors (Lipinski definition) is 1. The zero-order valence-electron chi connectivity index (χ0n) is 12.8. The summed E-state index contributed by atoms with van der Waals surface area (Å²) in [5.41, 5.74) is 2.31. The molecule has 0 aliphatic rings. The average Bonchev–Trinajstić information content (AvgIpc) is 3.06. The van der Waals surface area contributed by atoms with Crippen LogP contribution >= 0.6 is 11.6 Å². The average molecular weight is 351 g/mol. The first kappa shape index (κ1) is 15.2. The van der Waals surface area contributed by atoms with Crippen molar-refractivity contribution in [1.82, 2.24) is 24.8 Å². The highest BCUT2D eigenvalue weighted by Crippen LogP contribution is 2.18. The number of rotatable bonds is 3. The Morgan fingerprint density at radius 3 is 2.64 bits per heavy atom. The molecule has 8 heteroatoms. The maximum atomic E-state index is 12.2. The first-order chi connectivity index (χ1) is 12.2. The molecule has 0 radical (unpaired) electrons. The topological polar surface area (TPSA) is 85.1 Å². The van der Waals surface area contributed by atoms with Crippen molar-refractivity contribution in [2.24, 2.45) is 0 Å². The van der Waals surface area contributed by atoms with Gasteiger partial charge in [-0.2, -0.15) is 0 Å². The van der Waals surface area contributed by atoms with Crippen LogP contribution in [0.15, 0.2) is 60.8 Å². The Kier molecular flexibility index (Phi) is 3.83. The lowest BCUT2D eigenvalue weighted by Crippen LogP contribution is -2.14. The van der Waals surface area contributed by atoms with Gasteiger partial charge < -0.3 is 5.32 Å². The van der Waals surface area contributed by atoms with Crippen LogP contribution in [0, 0.1) is 0 Å². The summed E-state index contributed by atoms with van der Waals surface area (Å²) in [7, 11) is 0. The largest absolute Gasteiger partial charge is 0.320 e. The van der Waals surface area contributed by atoms with Crippen molar-refractivity contribution in [2.75, 3.05) is 5.32 Å². The van der Waals surface area contributed by atoms with E-state index in [-0.39, 0.29) is 16.8 Å². The maximum absolute atomic E-state index is 12.2. The SMILES string of the molecule is O=C(Nc1ccn2nc(-c3ccccc3)nc2c1)c1ccc(Cl)nn1. The first-order valence-electron chi connectivity index (χ1n) is 7.41. The van der Waals surface area contributed by atoms with Gasteiger partial charge in [-0.25, -0.2) is 9.50 Å². The van der Waals surface area contributed by atoms with Crippen LogP contribution in [-0.4, -0.2) is 30.7 Å². The third-order valence-corrected chi connectivity index (χ3v) is 3.69. The molecule has 0 aliphatic carbocycles. The lowest BCUT2D eigenvalue weighted by atomic mass is 10.2. The van der Waals surface area contributed by atoms with Gasteiger partial charge in [0.1, 0.15) is 0 Å². The van der Waals surface area contributed by atoms with Crippen LogP contribution in [0.25, 0.3) is 17.0 Å². The van der Waals surface area contributed by atoms with Gasteiger partial charge in [0, 0.05) is 23.5 Å². The van der Waals surface area contributed by atoms with Crippen LogP contribution in [0.4, 0.5) is 5.69 Å². The normalized spacial score (nSPS) is 10.8. The van der Waals surface area contributed by atoms with Gasteiger partial charge >= 0.3 is 0 Å². The first-order valence-corrected chi connectivity index (χ1v) is 7.79. The van der Waals surface area contributed by atoms with Crippen molar-refractivity contribution in [3.63, 3.8) is 0 Å². The number of hydrogen-bond acceptors (Lipinski definition) is 5. The summed E-state index contributed by atoms with van der Waals surface area (Å²) < 4.78 is 1.65. The van der Waals surface area contributed by atoms with Gasteiger partial charge in [0.15, 0.2) is 22.3 Å². The smallest absolute Gasteiger partial charge is 0.276 e. The standard InChI is InChI=1S/C17H11ClN6O/c18-14-7-6-13(21-22-14)17(25)19-12-8-9-24-15(10-12)20-16(23-24)11-4-2-1-3-5-11/h1-10H,(H,19,25). The molecule has 4 aromatic rings. The molecule has 1 N–H and O–H groups in total. The number of anilines is 1. The van der Waals surface area contributed by atoms with Crippen molar-refractivity contribution in [1.29, 1.82) is 0 Å². The summed E-state index contributed by atoms with van der Waals surface area (Å²) in [6.45, 7) is 0. The molecule has 0 bridgehead atoms. The van der Waals surface area contributed by atoms with Gasteiger partial charge in [-0.05, 0) is 18.2 Å². The van der Waals surface area contributed by atoms with E-state index in [9.17, 15) is 4.79 Å². The van der Waals surface area contributed by atoms with Crippen molar-refractivity contribution >= 4 is 28.8 Å². The number of nitrogens with one attached hydrogen (secondary N) is 1. The summed E-state index contributed by atoms with van der Waals surface area (Å²) in [4.78, 5) is 16.7. The van der Waals surface area contributed by atoms with E-state index in [0.29, 0.717) is 17.2 Å². The molecule has 122 valence electrons. The molecule has 3 heterocycles. The Labute approximate surface area is 147 Å². The zero-order valence-corrected chi connectivity index (χ0v) is 13.6. The lowest BCUT2D eigenvalue weighted by Gasteiger charge is -2.04. The van der Waals surface area contributed by atoms with Crippen LogP contribution < -0.4 is 5.32 Å². The zero-order chi connectivity index (χ0) is 17.2. The fourth-order valence-electron chi connectivity index (χ4n) is 2.30. The minimum absolute atomic E-state index is 0.177. The summed E-state index contributed by atoms with van der Waals surface area (Å²) in [5, 5.41) is 14.8.